The number of aryl methyl sites for hydroxylation is 2. The molecule has 10 heteroatoms. The highest BCUT2D eigenvalue weighted by Crippen LogP contribution is 2.25. The smallest absolute Gasteiger partial charge is 0.252 e. The van der Waals surface area contributed by atoms with Gasteiger partial charge < -0.3 is 4.90 Å². The molecule has 1 aliphatic heterocycles. The maximum Gasteiger partial charge on any atom is 0.252 e. The molecule has 7 nitrogen and oxygen atoms in total. The Balaban J connectivity index is 1.40. The van der Waals surface area contributed by atoms with Crippen LogP contribution in [0.25, 0.3) is 0 Å². The van der Waals surface area contributed by atoms with Crippen LogP contribution in [0.1, 0.15) is 45.1 Å². The molecule has 0 aliphatic carbocycles. The Morgan fingerprint density at radius 3 is 2.03 bits per heavy atom. The van der Waals surface area contributed by atoms with Crippen LogP contribution >= 0.6 is 22.7 Å². The third kappa shape index (κ3) is 6.09. The minimum Gasteiger partial charge on any atom is -0.340 e. The Kier molecular flexibility index (Phi) is 7.79. The van der Waals surface area contributed by atoms with E-state index in [0.717, 1.165) is 9.75 Å². The van der Waals surface area contributed by atoms with Gasteiger partial charge in [-0.1, -0.05) is 0 Å². The quantitative estimate of drug-likeness (QED) is 0.512. The number of Topliss-reactive ketones (excluding diaryl/α,β-unsaturated/α-hetero) is 2. The van der Waals surface area contributed by atoms with E-state index in [1.165, 1.54) is 27.0 Å². The van der Waals surface area contributed by atoms with Gasteiger partial charge in [0, 0.05) is 61.6 Å². The van der Waals surface area contributed by atoms with E-state index in [-0.39, 0.29) is 56.2 Å². The molecule has 3 rings (SSSR count). The third-order valence-corrected chi connectivity index (χ3v) is 9.57. The van der Waals surface area contributed by atoms with Crippen molar-refractivity contribution in [3.8, 4) is 0 Å². The Morgan fingerprint density at radius 2 is 1.45 bits per heavy atom. The largest absolute Gasteiger partial charge is 0.340 e. The minimum absolute atomic E-state index is 0.0453. The summed E-state index contributed by atoms with van der Waals surface area (Å²) in [6.07, 6.45) is 0.478. The number of nitrogens with zero attached hydrogens (tertiary/aromatic N) is 2. The molecule has 31 heavy (non-hydrogen) atoms. The van der Waals surface area contributed by atoms with Gasteiger partial charge in [-0.05, 0) is 38.1 Å². The predicted molar refractivity (Wildman–Crippen MR) is 121 cm³/mol. The molecule has 0 radical (unpaired) electrons. The molecule has 2 aromatic rings. The van der Waals surface area contributed by atoms with E-state index in [1.807, 2.05) is 19.9 Å². The summed E-state index contributed by atoms with van der Waals surface area (Å²) >= 11 is 2.66. The molecule has 0 spiro atoms. The van der Waals surface area contributed by atoms with Crippen molar-refractivity contribution >= 4 is 50.2 Å². The van der Waals surface area contributed by atoms with Gasteiger partial charge in [0.25, 0.3) is 10.0 Å². The van der Waals surface area contributed by atoms with Gasteiger partial charge >= 0.3 is 0 Å². The van der Waals surface area contributed by atoms with E-state index >= 15 is 0 Å². The Morgan fingerprint density at radius 1 is 0.839 bits per heavy atom. The molecule has 0 atom stereocenters. The lowest BCUT2D eigenvalue weighted by atomic mass is 10.1. The lowest BCUT2D eigenvalue weighted by Gasteiger charge is -2.33. The highest BCUT2D eigenvalue weighted by molar-refractivity contribution is 7.91. The van der Waals surface area contributed by atoms with Crippen LogP contribution in [0.3, 0.4) is 0 Å². The number of hydrogen-bond acceptors (Lipinski definition) is 7. The van der Waals surface area contributed by atoms with Crippen molar-refractivity contribution in [2.45, 2.75) is 43.7 Å². The zero-order valence-corrected chi connectivity index (χ0v) is 20.1. The van der Waals surface area contributed by atoms with Crippen LogP contribution in [0.15, 0.2) is 28.5 Å². The number of ketones is 2. The van der Waals surface area contributed by atoms with Crippen LogP contribution in [0.4, 0.5) is 0 Å². The summed E-state index contributed by atoms with van der Waals surface area (Å²) in [6.45, 7) is 4.90. The highest BCUT2D eigenvalue weighted by atomic mass is 32.2. The third-order valence-electron chi connectivity index (χ3n) is 5.16. The fraction of sp³-hybridized carbons (Fsp3) is 0.476. The second-order valence-electron chi connectivity index (χ2n) is 7.52. The second-order valence-corrected chi connectivity index (χ2v) is 12.3. The molecule has 2 aromatic heterocycles. The average molecular weight is 483 g/mol. The first-order valence-electron chi connectivity index (χ1n) is 10.1. The molecule has 1 fully saturated rings. The van der Waals surface area contributed by atoms with Crippen molar-refractivity contribution in [1.29, 1.82) is 0 Å². The predicted octanol–water partition coefficient (Wildman–Crippen LogP) is 3.27. The molecule has 0 bridgehead atoms. The van der Waals surface area contributed by atoms with E-state index in [9.17, 15) is 22.8 Å². The van der Waals surface area contributed by atoms with Gasteiger partial charge in [-0.3, -0.25) is 14.4 Å². The summed E-state index contributed by atoms with van der Waals surface area (Å²) in [5.74, 6) is -0.308. The number of piperazine rings is 1. The van der Waals surface area contributed by atoms with Crippen LogP contribution in [-0.2, 0) is 19.6 Å². The van der Waals surface area contributed by atoms with Crippen LogP contribution < -0.4 is 0 Å². The van der Waals surface area contributed by atoms with Gasteiger partial charge in [-0.25, -0.2) is 8.42 Å². The topological polar surface area (TPSA) is 91.8 Å². The number of carbonyl (C=O) groups is 3. The number of carbonyl (C=O) groups excluding carboxylic acids is 3. The van der Waals surface area contributed by atoms with Gasteiger partial charge in [-0.15, -0.1) is 22.7 Å². The van der Waals surface area contributed by atoms with Gasteiger partial charge in [-0.2, -0.15) is 4.31 Å². The van der Waals surface area contributed by atoms with Crippen molar-refractivity contribution < 1.29 is 22.8 Å². The summed E-state index contributed by atoms with van der Waals surface area (Å²) in [4.78, 5) is 40.9. The summed E-state index contributed by atoms with van der Waals surface area (Å²) in [7, 11) is -3.52. The molecular formula is C21H26N2O5S3. The van der Waals surface area contributed by atoms with Crippen molar-refractivity contribution in [3.63, 3.8) is 0 Å². The van der Waals surface area contributed by atoms with Gasteiger partial charge in [0.2, 0.25) is 5.91 Å². The van der Waals surface area contributed by atoms with Crippen LogP contribution in [-0.4, -0.2) is 61.3 Å². The first-order chi connectivity index (χ1) is 14.7. The van der Waals surface area contributed by atoms with Gasteiger partial charge in [0.1, 0.15) is 9.99 Å². The second kappa shape index (κ2) is 10.2. The normalized spacial score (nSPS) is 15.2. The van der Waals surface area contributed by atoms with Crippen molar-refractivity contribution in [3.05, 3.63) is 38.9 Å². The van der Waals surface area contributed by atoms with E-state index in [1.54, 1.807) is 23.1 Å². The van der Waals surface area contributed by atoms with Crippen molar-refractivity contribution in [2.24, 2.45) is 0 Å². The van der Waals surface area contributed by atoms with E-state index in [0.29, 0.717) is 22.2 Å². The van der Waals surface area contributed by atoms with E-state index in [2.05, 4.69) is 0 Å². The Hall–Kier alpha value is -1.88. The fourth-order valence-electron chi connectivity index (χ4n) is 3.35. The first kappa shape index (κ1) is 23.8. The zero-order chi connectivity index (χ0) is 22.6. The number of hydrogen-bond donors (Lipinski definition) is 0. The van der Waals surface area contributed by atoms with Crippen LogP contribution in [0.2, 0.25) is 0 Å². The summed E-state index contributed by atoms with van der Waals surface area (Å²) < 4.78 is 27.1. The maximum absolute atomic E-state index is 12.7. The number of amides is 1. The fourth-order valence-corrected chi connectivity index (χ4v) is 7.04. The molecule has 3 heterocycles. The van der Waals surface area contributed by atoms with Gasteiger partial charge in [0.15, 0.2) is 5.78 Å². The number of rotatable bonds is 9. The Bertz CT molecular complexity index is 1060. The number of thiophene rings is 2. The lowest BCUT2D eigenvalue weighted by molar-refractivity contribution is -0.134. The molecular weight excluding hydrogens is 456 g/mol. The first-order valence-corrected chi connectivity index (χ1v) is 13.2. The summed E-state index contributed by atoms with van der Waals surface area (Å²) in [5, 5.41) is 0. The number of sulfonamides is 1. The SMILES string of the molecule is Cc1ccc(C(=O)CCC(=O)CCC(=O)N2CCN(S(=O)(=O)c3ccc(C)s3)CC2)s1. The van der Waals surface area contributed by atoms with Gasteiger partial charge in [0.05, 0.1) is 4.88 Å². The van der Waals surface area contributed by atoms with E-state index in [4.69, 9.17) is 0 Å². The van der Waals surface area contributed by atoms with Crippen molar-refractivity contribution in [1.82, 2.24) is 9.21 Å². The molecule has 0 saturated carbocycles. The highest BCUT2D eigenvalue weighted by Gasteiger charge is 2.31. The zero-order valence-electron chi connectivity index (χ0n) is 17.6. The molecule has 1 amide bonds. The maximum atomic E-state index is 12.7. The molecule has 1 saturated heterocycles. The molecule has 168 valence electrons. The minimum atomic E-state index is -3.52. The lowest BCUT2D eigenvalue weighted by Crippen LogP contribution is -2.50. The molecule has 0 unspecified atom stereocenters. The van der Waals surface area contributed by atoms with Crippen LogP contribution in [0, 0.1) is 13.8 Å². The molecule has 0 N–H and O–H groups in total. The molecule has 0 aromatic carbocycles. The van der Waals surface area contributed by atoms with Crippen LogP contribution in [0.5, 0.6) is 0 Å². The molecule has 1 aliphatic rings. The van der Waals surface area contributed by atoms with E-state index < -0.39 is 10.0 Å². The summed E-state index contributed by atoms with van der Waals surface area (Å²) in [6, 6.07) is 7.05. The van der Waals surface area contributed by atoms with Crippen molar-refractivity contribution in [2.75, 3.05) is 26.2 Å². The standard InChI is InChI=1S/C21H26N2O5S3/c1-15-3-8-19(29-15)18(25)7-5-17(24)6-9-20(26)22-11-13-23(14-12-22)31(27,28)21-10-4-16(2)30-21/h3-4,8,10H,5-7,9,11-14H2,1-2H3. The average Bonchev–Trinajstić information content (AvgIpc) is 3.39. The Labute approximate surface area is 190 Å². The summed E-state index contributed by atoms with van der Waals surface area (Å²) in [5.41, 5.74) is 0. The monoisotopic (exact) mass is 482 g/mol.